The summed E-state index contributed by atoms with van der Waals surface area (Å²) < 4.78 is 6.34. The molecule has 3 atom stereocenters. The fourth-order valence-corrected chi connectivity index (χ4v) is 2.72. The van der Waals surface area contributed by atoms with Crippen molar-refractivity contribution in [2.75, 3.05) is 6.54 Å². The van der Waals surface area contributed by atoms with Crippen molar-refractivity contribution in [3.63, 3.8) is 0 Å². The predicted octanol–water partition coefficient (Wildman–Crippen LogP) is 3.85. The number of rotatable bonds is 2. The Bertz CT molecular complexity index is 404. The van der Waals surface area contributed by atoms with Crippen molar-refractivity contribution in [2.24, 2.45) is 5.41 Å². The van der Waals surface area contributed by atoms with Crippen molar-refractivity contribution in [3.05, 3.63) is 35.4 Å². The lowest BCUT2D eigenvalue weighted by Crippen LogP contribution is -2.47. The van der Waals surface area contributed by atoms with Crippen LogP contribution >= 0.6 is 0 Å². The molecule has 2 nitrogen and oxygen atoms in total. The smallest absolute Gasteiger partial charge is 0.0979 e. The third-order valence-corrected chi connectivity index (χ3v) is 3.71. The Kier molecular flexibility index (Phi) is 4.32. The molecule has 0 bridgehead atoms. The lowest BCUT2D eigenvalue weighted by Gasteiger charge is -2.38. The zero-order valence-corrected chi connectivity index (χ0v) is 12.9. The molecule has 0 radical (unpaired) electrons. The van der Waals surface area contributed by atoms with Gasteiger partial charge in [-0.05, 0) is 31.2 Å². The van der Waals surface area contributed by atoms with E-state index in [0.717, 1.165) is 13.0 Å². The molecule has 1 N–H and O–H groups in total. The minimum Gasteiger partial charge on any atom is -0.367 e. The van der Waals surface area contributed by atoms with E-state index in [9.17, 15) is 0 Å². The summed E-state index contributed by atoms with van der Waals surface area (Å²) in [6, 6.07) is 9.09. The first kappa shape index (κ1) is 14.5. The monoisotopic (exact) mass is 261 g/mol. The maximum atomic E-state index is 6.34. The van der Waals surface area contributed by atoms with Crippen molar-refractivity contribution in [3.8, 4) is 0 Å². The number of aryl methyl sites for hydroxylation is 1. The fourth-order valence-electron chi connectivity index (χ4n) is 2.72. The van der Waals surface area contributed by atoms with Gasteiger partial charge in [0, 0.05) is 12.6 Å². The third-order valence-electron chi connectivity index (χ3n) is 3.71. The Morgan fingerprint density at radius 3 is 2.42 bits per heavy atom. The van der Waals surface area contributed by atoms with Crippen LogP contribution in [0.5, 0.6) is 0 Å². The predicted molar refractivity (Wildman–Crippen MR) is 80.3 cm³/mol. The third kappa shape index (κ3) is 4.05. The van der Waals surface area contributed by atoms with Crippen LogP contribution in [-0.4, -0.2) is 18.7 Å². The zero-order chi connectivity index (χ0) is 14.0. The Morgan fingerprint density at radius 2 is 1.84 bits per heavy atom. The van der Waals surface area contributed by atoms with E-state index in [1.54, 1.807) is 0 Å². The van der Waals surface area contributed by atoms with E-state index in [-0.39, 0.29) is 6.10 Å². The first-order chi connectivity index (χ1) is 8.85. The van der Waals surface area contributed by atoms with E-state index in [1.807, 2.05) is 0 Å². The maximum absolute atomic E-state index is 6.34. The van der Waals surface area contributed by atoms with Crippen LogP contribution in [0.2, 0.25) is 0 Å². The van der Waals surface area contributed by atoms with Crippen LogP contribution in [0.1, 0.15) is 51.3 Å². The van der Waals surface area contributed by atoms with Crippen LogP contribution < -0.4 is 5.32 Å². The second-order valence-electron chi connectivity index (χ2n) is 7.05. The number of nitrogens with one attached hydrogen (secondary N) is 1. The van der Waals surface area contributed by atoms with Gasteiger partial charge in [-0.3, -0.25) is 0 Å². The van der Waals surface area contributed by atoms with Gasteiger partial charge in [-0.25, -0.2) is 0 Å². The van der Waals surface area contributed by atoms with Gasteiger partial charge >= 0.3 is 0 Å². The molecular weight excluding hydrogens is 234 g/mol. The van der Waals surface area contributed by atoms with Crippen LogP contribution in [-0.2, 0) is 4.74 Å². The summed E-state index contributed by atoms with van der Waals surface area (Å²) in [5.41, 5.74) is 2.89. The molecule has 1 aromatic carbocycles. The van der Waals surface area contributed by atoms with E-state index >= 15 is 0 Å². The summed E-state index contributed by atoms with van der Waals surface area (Å²) in [5, 5.41) is 3.59. The topological polar surface area (TPSA) is 21.3 Å². The number of hydrogen-bond acceptors (Lipinski definition) is 2. The van der Waals surface area contributed by atoms with E-state index in [2.05, 4.69) is 64.2 Å². The summed E-state index contributed by atoms with van der Waals surface area (Å²) in [7, 11) is 0. The number of morpholine rings is 1. The van der Waals surface area contributed by atoms with Crippen molar-refractivity contribution in [2.45, 2.75) is 59.3 Å². The van der Waals surface area contributed by atoms with Gasteiger partial charge in [-0.1, -0.05) is 50.6 Å². The highest BCUT2D eigenvalue weighted by Crippen LogP contribution is 2.31. The van der Waals surface area contributed by atoms with Crippen LogP contribution in [0, 0.1) is 12.3 Å². The molecule has 0 aliphatic carbocycles. The first-order valence-corrected chi connectivity index (χ1v) is 7.30. The average molecular weight is 261 g/mol. The van der Waals surface area contributed by atoms with Crippen molar-refractivity contribution in [1.29, 1.82) is 0 Å². The van der Waals surface area contributed by atoms with Gasteiger partial charge in [0.25, 0.3) is 0 Å². The summed E-state index contributed by atoms with van der Waals surface area (Å²) in [5.74, 6) is 0. The van der Waals surface area contributed by atoms with Gasteiger partial charge < -0.3 is 10.1 Å². The lowest BCUT2D eigenvalue weighted by molar-refractivity contribution is -0.0755. The summed E-state index contributed by atoms with van der Waals surface area (Å²) in [6.45, 7) is 12.1. The highest BCUT2D eigenvalue weighted by Gasteiger charge is 2.31. The molecule has 1 aromatic rings. The largest absolute Gasteiger partial charge is 0.367 e. The molecule has 19 heavy (non-hydrogen) atoms. The standard InChI is InChI=1S/C17H27NO/c1-12-6-8-14(9-7-12)16-13(2)18-11-15(19-16)10-17(3,4)5/h6-9,13,15-16,18H,10-11H2,1-5H3. The van der Waals surface area contributed by atoms with Crippen LogP contribution in [0.15, 0.2) is 24.3 Å². The SMILES string of the molecule is Cc1ccc(C2OC(CC(C)(C)C)CNC2C)cc1. The van der Waals surface area contributed by atoms with Gasteiger partial charge in [-0.2, -0.15) is 0 Å². The van der Waals surface area contributed by atoms with E-state index in [0.29, 0.717) is 17.6 Å². The molecule has 3 unspecified atom stereocenters. The molecule has 1 saturated heterocycles. The molecule has 0 aromatic heterocycles. The van der Waals surface area contributed by atoms with E-state index in [1.165, 1.54) is 11.1 Å². The molecule has 106 valence electrons. The lowest BCUT2D eigenvalue weighted by atomic mass is 9.88. The number of benzene rings is 1. The number of ether oxygens (including phenoxy) is 1. The normalized spacial score (nSPS) is 28.4. The van der Waals surface area contributed by atoms with Gasteiger partial charge in [0.15, 0.2) is 0 Å². The minimum atomic E-state index is 0.168. The molecule has 1 heterocycles. The second kappa shape index (κ2) is 5.64. The van der Waals surface area contributed by atoms with Gasteiger partial charge in [-0.15, -0.1) is 0 Å². The summed E-state index contributed by atoms with van der Waals surface area (Å²) >= 11 is 0. The van der Waals surface area contributed by atoms with Crippen LogP contribution in [0.25, 0.3) is 0 Å². The van der Waals surface area contributed by atoms with Gasteiger partial charge in [0.2, 0.25) is 0 Å². The average Bonchev–Trinajstić information content (AvgIpc) is 2.31. The minimum absolute atomic E-state index is 0.168. The van der Waals surface area contributed by atoms with Crippen LogP contribution in [0.4, 0.5) is 0 Å². The number of hydrogen-bond donors (Lipinski definition) is 1. The Hall–Kier alpha value is -0.860. The molecule has 1 aliphatic heterocycles. The summed E-state index contributed by atoms with van der Waals surface area (Å²) in [4.78, 5) is 0. The maximum Gasteiger partial charge on any atom is 0.0979 e. The Morgan fingerprint density at radius 1 is 1.21 bits per heavy atom. The first-order valence-electron chi connectivity index (χ1n) is 7.30. The molecular formula is C17H27NO. The Balaban J connectivity index is 2.08. The molecule has 0 spiro atoms. The fraction of sp³-hybridized carbons (Fsp3) is 0.647. The van der Waals surface area contributed by atoms with E-state index in [4.69, 9.17) is 4.74 Å². The molecule has 1 fully saturated rings. The van der Waals surface area contributed by atoms with Gasteiger partial charge in [0.05, 0.1) is 12.2 Å². The molecule has 1 aliphatic rings. The Labute approximate surface area is 117 Å². The highest BCUT2D eigenvalue weighted by molar-refractivity contribution is 5.24. The summed E-state index contributed by atoms with van der Waals surface area (Å²) in [6.07, 6.45) is 1.57. The molecule has 0 amide bonds. The van der Waals surface area contributed by atoms with Gasteiger partial charge in [0.1, 0.15) is 0 Å². The molecule has 0 saturated carbocycles. The van der Waals surface area contributed by atoms with Crippen LogP contribution in [0.3, 0.4) is 0 Å². The van der Waals surface area contributed by atoms with E-state index < -0.39 is 0 Å². The zero-order valence-electron chi connectivity index (χ0n) is 12.9. The van der Waals surface area contributed by atoms with Crippen molar-refractivity contribution in [1.82, 2.24) is 5.32 Å². The van der Waals surface area contributed by atoms with Crippen molar-refractivity contribution >= 4 is 0 Å². The molecule has 2 rings (SSSR count). The second-order valence-corrected chi connectivity index (χ2v) is 7.05. The molecule has 2 heteroatoms. The quantitative estimate of drug-likeness (QED) is 0.873. The highest BCUT2D eigenvalue weighted by atomic mass is 16.5. The van der Waals surface area contributed by atoms with Crippen molar-refractivity contribution < 1.29 is 4.74 Å².